The summed E-state index contributed by atoms with van der Waals surface area (Å²) in [5.41, 5.74) is 2.36. The van der Waals surface area contributed by atoms with Crippen LogP contribution < -0.4 is 0 Å². The summed E-state index contributed by atoms with van der Waals surface area (Å²) >= 11 is 11.8. The predicted molar refractivity (Wildman–Crippen MR) is 114 cm³/mol. The van der Waals surface area contributed by atoms with Crippen molar-refractivity contribution in [3.8, 4) is 5.88 Å². The predicted octanol–water partition coefficient (Wildman–Crippen LogP) is 6.63. The average Bonchev–Trinajstić information content (AvgIpc) is 2.99. The Balaban J connectivity index is 1.71. The molecule has 3 aromatic carbocycles. The van der Waals surface area contributed by atoms with Crippen LogP contribution in [0.2, 0.25) is 10.0 Å². The summed E-state index contributed by atoms with van der Waals surface area (Å²) < 4.78 is 1.72. The van der Waals surface area contributed by atoms with E-state index in [4.69, 9.17) is 23.2 Å². The molecule has 0 unspecified atom stereocenters. The van der Waals surface area contributed by atoms with Crippen LogP contribution in [-0.4, -0.2) is 15.6 Å². The van der Waals surface area contributed by atoms with Crippen molar-refractivity contribution < 1.29 is 9.90 Å². The molecule has 1 aromatic heterocycles. The summed E-state index contributed by atoms with van der Waals surface area (Å²) in [7, 11) is 0. The molecule has 0 aliphatic rings. The maximum absolute atomic E-state index is 12.3. The zero-order chi connectivity index (χ0) is 20.4. The fraction of sp³-hybridized carbons (Fsp3) is 0.0455. The van der Waals surface area contributed by atoms with Crippen molar-refractivity contribution in [3.63, 3.8) is 0 Å². The number of halogens is 2. The van der Waals surface area contributed by atoms with Crippen LogP contribution in [0.5, 0.6) is 5.88 Å². The number of aromatic hydroxyl groups is 1. The molecule has 0 saturated carbocycles. The highest BCUT2D eigenvalue weighted by Crippen LogP contribution is 2.39. The first-order chi connectivity index (χ1) is 14.0. The van der Waals surface area contributed by atoms with Gasteiger partial charge in [0.15, 0.2) is 5.69 Å². The van der Waals surface area contributed by atoms with Gasteiger partial charge >= 0.3 is 0 Å². The second kappa shape index (κ2) is 8.07. The largest absolute Gasteiger partial charge is 0.493 e. The van der Waals surface area contributed by atoms with Gasteiger partial charge in [0.2, 0.25) is 5.88 Å². The van der Waals surface area contributed by atoms with E-state index in [0.717, 1.165) is 11.1 Å². The fourth-order valence-corrected chi connectivity index (χ4v) is 3.30. The first-order valence-electron chi connectivity index (χ1n) is 8.79. The first-order valence-corrected chi connectivity index (χ1v) is 9.55. The molecule has 1 N–H and O–H groups in total. The highest BCUT2D eigenvalue weighted by atomic mass is 35.5. The third-order valence-corrected chi connectivity index (χ3v) is 5.01. The molecule has 0 saturated heterocycles. The normalized spacial score (nSPS) is 11.4. The minimum absolute atomic E-state index is 0.0613. The SMILES string of the molecule is O=C(N=Nc1c(O)n(Cc2ccc(Cl)cc2)c2ccccc12)c1ccc(Cl)cc1. The molecule has 4 rings (SSSR count). The Hall–Kier alpha value is -3.15. The maximum Gasteiger partial charge on any atom is 0.295 e. The first kappa shape index (κ1) is 19.2. The van der Waals surface area contributed by atoms with Crippen molar-refractivity contribution in [1.29, 1.82) is 0 Å². The molecular weight excluding hydrogens is 409 g/mol. The van der Waals surface area contributed by atoms with Gasteiger partial charge < -0.3 is 9.67 Å². The van der Waals surface area contributed by atoms with Crippen molar-refractivity contribution in [2.24, 2.45) is 10.2 Å². The fourth-order valence-electron chi connectivity index (χ4n) is 3.05. The molecular formula is C22H15Cl2N3O2. The number of hydrogen-bond acceptors (Lipinski definition) is 3. The van der Waals surface area contributed by atoms with Gasteiger partial charge in [0.1, 0.15) is 0 Å². The Bertz CT molecular complexity index is 1210. The number of hydrogen-bond donors (Lipinski definition) is 1. The molecule has 0 bridgehead atoms. The van der Waals surface area contributed by atoms with E-state index in [1.807, 2.05) is 36.4 Å². The monoisotopic (exact) mass is 423 g/mol. The topological polar surface area (TPSA) is 66.9 Å². The Morgan fingerprint density at radius 2 is 1.52 bits per heavy atom. The molecule has 29 heavy (non-hydrogen) atoms. The molecule has 5 nitrogen and oxygen atoms in total. The zero-order valence-electron chi connectivity index (χ0n) is 15.1. The van der Waals surface area contributed by atoms with Gasteiger partial charge in [-0.15, -0.1) is 10.2 Å². The van der Waals surface area contributed by atoms with Gasteiger partial charge in [-0.05, 0) is 48.0 Å². The highest BCUT2D eigenvalue weighted by molar-refractivity contribution is 6.30. The van der Waals surface area contributed by atoms with Gasteiger partial charge in [-0.3, -0.25) is 4.79 Å². The third kappa shape index (κ3) is 4.01. The van der Waals surface area contributed by atoms with E-state index >= 15 is 0 Å². The lowest BCUT2D eigenvalue weighted by Crippen LogP contribution is -1.98. The second-order valence-corrected chi connectivity index (χ2v) is 7.29. The Morgan fingerprint density at radius 1 is 0.897 bits per heavy atom. The number of benzene rings is 3. The molecule has 0 atom stereocenters. The summed E-state index contributed by atoms with van der Waals surface area (Å²) in [6.07, 6.45) is 0. The van der Waals surface area contributed by atoms with Crippen LogP contribution >= 0.6 is 23.2 Å². The van der Waals surface area contributed by atoms with Crippen molar-refractivity contribution >= 4 is 45.7 Å². The number of carbonyl (C=O) groups is 1. The van der Waals surface area contributed by atoms with Gasteiger partial charge in [-0.1, -0.05) is 53.5 Å². The van der Waals surface area contributed by atoms with Crippen LogP contribution in [0.25, 0.3) is 10.9 Å². The van der Waals surface area contributed by atoms with E-state index in [9.17, 15) is 9.90 Å². The smallest absolute Gasteiger partial charge is 0.295 e. The lowest BCUT2D eigenvalue weighted by atomic mass is 10.2. The van der Waals surface area contributed by atoms with E-state index in [2.05, 4.69) is 10.2 Å². The molecule has 0 spiro atoms. The van der Waals surface area contributed by atoms with E-state index in [1.54, 1.807) is 41.0 Å². The van der Waals surface area contributed by atoms with Gasteiger partial charge in [-0.25, -0.2) is 0 Å². The van der Waals surface area contributed by atoms with E-state index in [0.29, 0.717) is 27.5 Å². The summed E-state index contributed by atoms with van der Waals surface area (Å²) in [4.78, 5) is 12.3. The lowest BCUT2D eigenvalue weighted by molar-refractivity contribution is 0.0995. The molecule has 0 radical (unpaired) electrons. The van der Waals surface area contributed by atoms with Gasteiger partial charge in [0, 0.05) is 21.0 Å². The van der Waals surface area contributed by atoms with Gasteiger partial charge in [0.25, 0.3) is 5.91 Å². The third-order valence-electron chi connectivity index (χ3n) is 4.50. The number of para-hydroxylation sites is 1. The molecule has 7 heteroatoms. The zero-order valence-corrected chi connectivity index (χ0v) is 16.6. The van der Waals surface area contributed by atoms with Gasteiger partial charge in [-0.2, -0.15) is 0 Å². The Morgan fingerprint density at radius 3 is 2.21 bits per heavy atom. The van der Waals surface area contributed by atoms with Crippen LogP contribution in [0.4, 0.5) is 5.69 Å². The number of nitrogens with zero attached hydrogens (tertiary/aromatic N) is 3. The van der Waals surface area contributed by atoms with E-state index in [-0.39, 0.29) is 11.6 Å². The van der Waals surface area contributed by atoms with Crippen LogP contribution in [-0.2, 0) is 6.54 Å². The standard InChI is InChI=1S/C22H15Cl2N3O2/c23-16-9-5-14(6-10-16)13-27-19-4-2-1-3-18(19)20(22(27)29)25-26-21(28)15-7-11-17(24)12-8-15/h1-12,29H,13H2. The highest BCUT2D eigenvalue weighted by Gasteiger charge is 2.17. The van der Waals surface area contributed by atoms with Crippen molar-refractivity contribution in [2.75, 3.05) is 0 Å². The second-order valence-electron chi connectivity index (χ2n) is 6.41. The summed E-state index contributed by atoms with van der Waals surface area (Å²) in [6, 6.07) is 21.2. The van der Waals surface area contributed by atoms with Crippen molar-refractivity contribution in [3.05, 3.63) is 94.0 Å². The summed E-state index contributed by atoms with van der Waals surface area (Å²) in [5.74, 6) is -0.579. The molecule has 1 heterocycles. The quantitative estimate of drug-likeness (QED) is 0.374. The van der Waals surface area contributed by atoms with Crippen molar-refractivity contribution in [1.82, 2.24) is 4.57 Å². The van der Waals surface area contributed by atoms with E-state index in [1.165, 1.54) is 0 Å². The minimum Gasteiger partial charge on any atom is -0.493 e. The molecule has 0 aliphatic heterocycles. The summed E-state index contributed by atoms with van der Waals surface area (Å²) in [5, 5.41) is 20.5. The van der Waals surface area contributed by atoms with Gasteiger partial charge in [0.05, 0.1) is 12.1 Å². The summed E-state index contributed by atoms with van der Waals surface area (Å²) in [6.45, 7) is 0.421. The molecule has 1 amide bonds. The molecule has 144 valence electrons. The number of aromatic nitrogens is 1. The number of azo groups is 1. The van der Waals surface area contributed by atoms with Crippen LogP contribution in [0.1, 0.15) is 15.9 Å². The number of amides is 1. The van der Waals surface area contributed by atoms with Crippen LogP contribution in [0.3, 0.4) is 0 Å². The molecule has 0 aliphatic carbocycles. The molecule has 4 aromatic rings. The average molecular weight is 424 g/mol. The number of fused-ring (bicyclic) bond motifs is 1. The Labute approximate surface area is 176 Å². The van der Waals surface area contributed by atoms with E-state index < -0.39 is 5.91 Å². The minimum atomic E-state index is -0.518. The maximum atomic E-state index is 12.3. The Kier molecular flexibility index (Phi) is 5.34. The molecule has 0 fully saturated rings. The van der Waals surface area contributed by atoms with Crippen LogP contribution in [0.15, 0.2) is 83.0 Å². The number of rotatable bonds is 4. The number of carbonyl (C=O) groups excluding carboxylic acids is 1. The van der Waals surface area contributed by atoms with Crippen LogP contribution in [0, 0.1) is 0 Å². The van der Waals surface area contributed by atoms with Crippen molar-refractivity contribution in [2.45, 2.75) is 6.54 Å². The lowest BCUT2D eigenvalue weighted by Gasteiger charge is -2.07.